The van der Waals surface area contributed by atoms with E-state index in [1.165, 1.54) is 0 Å². The van der Waals surface area contributed by atoms with Crippen LogP contribution in [0.1, 0.15) is 29.5 Å². The fraction of sp³-hybridized carbons (Fsp3) is 0.417. The van der Waals surface area contributed by atoms with Crippen molar-refractivity contribution in [2.24, 2.45) is 0 Å². The van der Waals surface area contributed by atoms with Gasteiger partial charge in [-0.25, -0.2) is 0 Å². The Morgan fingerprint density at radius 1 is 1.44 bits per heavy atom. The first-order valence-electron chi connectivity index (χ1n) is 5.12. The van der Waals surface area contributed by atoms with Gasteiger partial charge in [0.15, 0.2) is 0 Å². The van der Waals surface area contributed by atoms with Crippen molar-refractivity contribution in [2.75, 3.05) is 0 Å². The number of aryl methyl sites for hydroxylation is 1. The minimum absolute atomic E-state index is 0.112. The van der Waals surface area contributed by atoms with Crippen LogP contribution in [0.2, 0.25) is 5.02 Å². The van der Waals surface area contributed by atoms with Gasteiger partial charge >= 0.3 is 5.97 Å². The average Bonchev–Trinajstić information content (AvgIpc) is 2.19. The summed E-state index contributed by atoms with van der Waals surface area (Å²) in [6.45, 7) is 3.61. The number of rotatable bonds is 4. The topological polar surface area (TPSA) is 57.5 Å². The molecule has 88 valence electrons. The van der Waals surface area contributed by atoms with Crippen molar-refractivity contribution in [3.8, 4) is 5.75 Å². The molecule has 3 nitrogen and oxygen atoms in total. The van der Waals surface area contributed by atoms with Crippen LogP contribution in [0.15, 0.2) is 6.07 Å². The van der Waals surface area contributed by atoms with Crippen molar-refractivity contribution in [2.45, 2.75) is 33.1 Å². The maximum absolute atomic E-state index is 10.4. The summed E-state index contributed by atoms with van der Waals surface area (Å²) in [5, 5.41) is 19.0. The number of hydrogen-bond donors (Lipinski definition) is 2. The molecule has 1 rings (SSSR count). The highest BCUT2D eigenvalue weighted by Crippen LogP contribution is 2.32. The highest BCUT2D eigenvalue weighted by Gasteiger charge is 2.11. The molecular weight excluding hydrogens is 228 g/mol. The van der Waals surface area contributed by atoms with E-state index >= 15 is 0 Å². The van der Waals surface area contributed by atoms with Crippen LogP contribution in [0.3, 0.4) is 0 Å². The molecule has 0 aliphatic carbocycles. The second kappa shape index (κ2) is 5.21. The monoisotopic (exact) mass is 242 g/mol. The van der Waals surface area contributed by atoms with Crippen LogP contribution >= 0.6 is 11.6 Å². The molecule has 0 aliphatic rings. The molecule has 0 heterocycles. The van der Waals surface area contributed by atoms with Crippen LogP contribution in [0, 0.1) is 13.8 Å². The molecule has 0 saturated carbocycles. The van der Waals surface area contributed by atoms with Gasteiger partial charge in [-0.1, -0.05) is 11.6 Å². The molecule has 0 fully saturated rings. The van der Waals surface area contributed by atoms with Crippen LogP contribution in [0.25, 0.3) is 0 Å². The normalized spacial score (nSPS) is 10.4. The van der Waals surface area contributed by atoms with E-state index in [4.69, 9.17) is 16.7 Å². The highest BCUT2D eigenvalue weighted by atomic mass is 35.5. The van der Waals surface area contributed by atoms with Gasteiger partial charge in [0, 0.05) is 17.0 Å². The van der Waals surface area contributed by atoms with Crippen LogP contribution in [0.4, 0.5) is 0 Å². The summed E-state index contributed by atoms with van der Waals surface area (Å²) in [5.74, 6) is -0.627. The van der Waals surface area contributed by atoms with Crippen molar-refractivity contribution in [1.29, 1.82) is 0 Å². The van der Waals surface area contributed by atoms with Crippen molar-refractivity contribution in [1.82, 2.24) is 0 Å². The molecular formula is C12H15ClO3. The first kappa shape index (κ1) is 12.8. The van der Waals surface area contributed by atoms with E-state index in [0.29, 0.717) is 23.4 Å². The Bertz CT molecular complexity index is 413. The lowest BCUT2D eigenvalue weighted by atomic mass is 9.99. The Balaban J connectivity index is 2.87. The predicted molar refractivity (Wildman–Crippen MR) is 63.2 cm³/mol. The number of carboxylic acids is 1. The minimum atomic E-state index is -0.817. The molecule has 0 amide bonds. The van der Waals surface area contributed by atoms with Gasteiger partial charge < -0.3 is 10.2 Å². The number of carboxylic acid groups (broad SMARTS) is 1. The summed E-state index contributed by atoms with van der Waals surface area (Å²) in [7, 11) is 0. The summed E-state index contributed by atoms with van der Waals surface area (Å²) >= 11 is 5.92. The van der Waals surface area contributed by atoms with E-state index in [2.05, 4.69) is 0 Å². The zero-order valence-corrected chi connectivity index (χ0v) is 10.1. The van der Waals surface area contributed by atoms with Gasteiger partial charge in [-0.05, 0) is 43.9 Å². The lowest BCUT2D eigenvalue weighted by molar-refractivity contribution is -0.137. The summed E-state index contributed by atoms with van der Waals surface area (Å²) in [5.41, 5.74) is 2.35. The van der Waals surface area contributed by atoms with Gasteiger partial charge in [0.25, 0.3) is 0 Å². The smallest absolute Gasteiger partial charge is 0.303 e. The predicted octanol–water partition coefficient (Wildman–Crippen LogP) is 3.07. The third-order valence-electron chi connectivity index (χ3n) is 2.64. The number of carbonyl (C=O) groups is 1. The van der Waals surface area contributed by atoms with Gasteiger partial charge in [0.1, 0.15) is 5.75 Å². The Kier molecular flexibility index (Phi) is 4.19. The molecule has 0 radical (unpaired) electrons. The van der Waals surface area contributed by atoms with Gasteiger partial charge in [-0.2, -0.15) is 0 Å². The van der Waals surface area contributed by atoms with E-state index in [0.717, 1.165) is 11.1 Å². The summed E-state index contributed by atoms with van der Waals surface area (Å²) in [6, 6.07) is 1.80. The number of benzene rings is 1. The molecule has 0 aliphatic heterocycles. The Hall–Kier alpha value is -1.22. The first-order valence-corrected chi connectivity index (χ1v) is 5.50. The van der Waals surface area contributed by atoms with Gasteiger partial charge in [-0.3, -0.25) is 4.79 Å². The fourth-order valence-electron chi connectivity index (χ4n) is 1.64. The summed E-state index contributed by atoms with van der Waals surface area (Å²) in [6.07, 6.45) is 1.19. The van der Waals surface area contributed by atoms with Crippen LogP contribution in [-0.4, -0.2) is 16.2 Å². The Labute approximate surface area is 99.7 Å². The first-order chi connectivity index (χ1) is 7.43. The Morgan fingerprint density at radius 3 is 2.62 bits per heavy atom. The Morgan fingerprint density at radius 2 is 2.06 bits per heavy atom. The molecule has 2 N–H and O–H groups in total. The molecule has 0 aromatic heterocycles. The third-order valence-corrected chi connectivity index (χ3v) is 3.03. The van der Waals surface area contributed by atoms with Crippen LogP contribution < -0.4 is 0 Å². The van der Waals surface area contributed by atoms with E-state index in [1.807, 2.05) is 6.92 Å². The van der Waals surface area contributed by atoms with E-state index in [1.54, 1.807) is 13.0 Å². The van der Waals surface area contributed by atoms with Crippen molar-refractivity contribution < 1.29 is 15.0 Å². The number of phenolic OH excluding ortho intramolecular Hbond substituents is 1. The second-order valence-corrected chi connectivity index (χ2v) is 4.28. The molecule has 0 bridgehead atoms. The maximum atomic E-state index is 10.4. The van der Waals surface area contributed by atoms with Crippen molar-refractivity contribution in [3.63, 3.8) is 0 Å². The van der Waals surface area contributed by atoms with Crippen molar-refractivity contribution in [3.05, 3.63) is 27.8 Å². The SMILES string of the molecule is Cc1cc(Cl)c(C)c(O)c1CCCC(=O)O. The molecule has 16 heavy (non-hydrogen) atoms. The maximum Gasteiger partial charge on any atom is 0.303 e. The zero-order chi connectivity index (χ0) is 12.3. The zero-order valence-electron chi connectivity index (χ0n) is 9.38. The van der Waals surface area contributed by atoms with E-state index in [9.17, 15) is 9.90 Å². The number of halogens is 1. The molecule has 1 aromatic rings. The number of aromatic hydroxyl groups is 1. The number of hydrogen-bond acceptors (Lipinski definition) is 2. The average molecular weight is 243 g/mol. The van der Waals surface area contributed by atoms with Gasteiger partial charge in [-0.15, -0.1) is 0 Å². The minimum Gasteiger partial charge on any atom is -0.507 e. The highest BCUT2D eigenvalue weighted by molar-refractivity contribution is 6.31. The van der Waals surface area contributed by atoms with Crippen molar-refractivity contribution >= 4 is 17.6 Å². The number of aliphatic carboxylic acids is 1. The number of phenols is 1. The van der Waals surface area contributed by atoms with E-state index < -0.39 is 5.97 Å². The molecule has 0 saturated heterocycles. The lowest BCUT2D eigenvalue weighted by Gasteiger charge is -2.11. The molecule has 1 aromatic carbocycles. The second-order valence-electron chi connectivity index (χ2n) is 3.87. The third kappa shape index (κ3) is 2.89. The van der Waals surface area contributed by atoms with Crippen LogP contribution in [-0.2, 0) is 11.2 Å². The molecule has 0 spiro atoms. The largest absolute Gasteiger partial charge is 0.507 e. The van der Waals surface area contributed by atoms with Gasteiger partial charge in [0.05, 0.1) is 0 Å². The molecule has 4 heteroatoms. The molecule has 0 atom stereocenters. The van der Waals surface area contributed by atoms with Gasteiger partial charge in [0.2, 0.25) is 0 Å². The summed E-state index contributed by atoms with van der Waals surface area (Å²) in [4.78, 5) is 10.4. The lowest BCUT2D eigenvalue weighted by Crippen LogP contribution is -1.98. The fourth-order valence-corrected chi connectivity index (χ4v) is 1.90. The van der Waals surface area contributed by atoms with Crippen LogP contribution in [0.5, 0.6) is 5.75 Å². The van der Waals surface area contributed by atoms with E-state index in [-0.39, 0.29) is 12.2 Å². The summed E-state index contributed by atoms with van der Waals surface area (Å²) < 4.78 is 0. The quantitative estimate of drug-likeness (QED) is 0.853. The standard InChI is InChI=1S/C12H15ClO3/c1-7-6-10(13)8(2)12(16)9(7)4-3-5-11(14)15/h6,16H,3-5H2,1-2H3,(H,14,15). The molecule has 0 unspecified atom stereocenters.